The van der Waals surface area contributed by atoms with E-state index in [1.165, 1.54) is 0 Å². The molecule has 0 saturated heterocycles. The Balaban J connectivity index is 2.80. The molecule has 1 aromatic heterocycles. The Morgan fingerprint density at radius 3 is 2.81 bits per heavy atom. The number of hydrogen-bond donors (Lipinski definition) is 2. The highest BCUT2D eigenvalue weighted by atomic mass is 79.9. The third-order valence-electron chi connectivity index (χ3n) is 2.46. The summed E-state index contributed by atoms with van der Waals surface area (Å²) in [6.45, 7) is 4.65. The first-order valence-corrected chi connectivity index (χ1v) is 5.88. The van der Waals surface area contributed by atoms with Crippen LogP contribution in [0.4, 0.5) is 5.82 Å². The Hall–Kier alpha value is -1.10. The first kappa shape index (κ1) is 13.0. The zero-order valence-electron chi connectivity index (χ0n) is 9.79. The van der Waals surface area contributed by atoms with E-state index in [1.807, 2.05) is 31.9 Å². The predicted octanol–water partition coefficient (Wildman–Crippen LogP) is 2.16. The van der Waals surface area contributed by atoms with Crippen molar-refractivity contribution in [3.05, 3.63) is 22.3 Å². The summed E-state index contributed by atoms with van der Waals surface area (Å²) in [4.78, 5) is 6.38. The van der Waals surface area contributed by atoms with Gasteiger partial charge in [-0.3, -0.25) is 5.41 Å². The average molecular weight is 285 g/mol. The van der Waals surface area contributed by atoms with Crippen molar-refractivity contribution >= 4 is 27.6 Å². The van der Waals surface area contributed by atoms with Gasteiger partial charge in [0, 0.05) is 30.2 Å². The van der Waals surface area contributed by atoms with Gasteiger partial charge < -0.3 is 10.6 Å². The second kappa shape index (κ2) is 5.30. The molecule has 1 rings (SSSR count). The maximum absolute atomic E-state index is 7.37. The molecule has 0 radical (unpaired) electrons. The summed E-state index contributed by atoms with van der Waals surface area (Å²) in [7, 11) is 1.96. The highest BCUT2D eigenvalue weighted by Crippen LogP contribution is 2.20. The molecule has 0 bridgehead atoms. The lowest BCUT2D eigenvalue weighted by molar-refractivity contribution is 0.721. The van der Waals surface area contributed by atoms with E-state index in [-0.39, 0.29) is 11.8 Å². The Labute approximate surface area is 104 Å². The number of aromatic nitrogens is 1. The van der Waals surface area contributed by atoms with Crippen LogP contribution in [0.25, 0.3) is 0 Å². The second-order valence-electron chi connectivity index (χ2n) is 4.03. The number of pyridine rings is 1. The minimum atomic E-state index is 0.0369. The SMILES string of the molecule is Cc1cc(Br)cnc1N(C)CC(C)C(=N)N. The molecule has 0 amide bonds. The standard InChI is InChI=1S/C11H17BrN4/c1-7-4-9(12)5-15-11(7)16(3)6-8(2)10(13)14/h4-5,8H,6H2,1-3H3,(H3,13,14). The van der Waals surface area contributed by atoms with Crippen LogP contribution in [-0.2, 0) is 0 Å². The van der Waals surface area contributed by atoms with Crippen molar-refractivity contribution in [2.24, 2.45) is 11.7 Å². The van der Waals surface area contributed by atoms with Crippen molar-refractivity contribution in [1.82, 2.24) is 4.98 Å². The van der Waals surface area contributed by atoms with Gasteiger partial charge in [-0.25, -0.2) is 4.98 Å². The van der Waals surface area contributed by atoms with Crippen LogP contribution >= 0.6 is 15.9 Å². The number of hydrogen-bond acceptors (Lipinski definition) is 3. The number of aryl methyl sites for hydroxylation is 1. The zero-order valence-corrected chi connectivity index (χ0v) is 11.4. The van der Waals surface area contributed by atoms with Crippen LogP contribution in [0.2, 0.25) is 0 Å². The summed E-state index contributed by atoms with van der Waals surface area (Å²) in [6, 6.07) is 2.03. The number of nitrogens with one attached hydrogen (secondary N) is 1. The fourth-order valence-corrected chi connectivity index (χ4v) is 1.97. The highest BCUT2D eigenvalue weighted by Gasteiger charge is 2.12. The summed E-state index contributed by atoms with van der Waals surface area (Å²) in [5.41, 5.74) is 6.56. The summed E-state index contributed by atoms with van der Waals surface area (Å²) in [5.74, 6) is 1.17. The van der Waals surface area contributed by atoms with Crippen molar-refractivity contribution in [1.29, 1.82) is 5.41 Å². The Morgan fingerprint density at radius 2 is 2.31 bits per heavy atom. The van der Waals surface area contributed by atoms with E-state index in [1.54, 1.807) is 6.20 Å². The van der Waals surface area contributed by atoms with Crippen LogP contribution in [0.1, 0.15) is 12.5 Å². The molecule has 0 spiro atoms. The number of halogens is 1. The summed E-state index contributed by atoms with van der Waals surface area (Å²) < 4.78 is 0.974. The molecular weight excluding hydrogens is 268 g/mol. The van der Waals surface area contributed by atoms with Gasteiger partial charge in [0.1, 0.15) is 5.82 Å². The third kappa shape index (κ3) is 3.20. The third-order valence-corrected chi connectivity index (χ3v) is 2.89. The lowest BCUT2D eigenvalue weighted by Gasteiger charge is -2.23. The van der Waals surface area contributed by atoms with Gasteiger partial charge >= 0.3 is 0 Å². The molecule has 0 aliphatic rings. The smallest absolute Gasteiger partial charge is 0.131 e. The largest absolute Gasteiger partial charge is 0.387 e. The molecule has 0 aliphatic carbocycles. The molecule has 16 heavy (non-hydrogen) atoms. The lowest BCUT2D eigenvalue weighted by Crippen LogP contribution is -2.32. The Bertz CT molecular complexity index is 392. The first-order valence-electron chi connectivity index (χ1n) is 5.09. The molecule has 5 heteroatoms. The zero-order chi connectivity index (χ0) is 12.3. The predicted molar refractivity (Wildman–Crippen MR) is 71.0 cm³/mol. The highest BCUT2D eigenvalue weighted by molar-refractivity contribution is 9.10. The molecule has 1 unspecified atom stereocenters. The van der Waals surface area contributed by atoms with E-state index in [0.29, 0.717) is 6.54 Å². The lowest BCUT2D eigenvalue weighted by atomic mass is 10.1. The normalized spacial score (nSPS) is 12.2. The summed E-state index contributed by atoms with van der Waals surface area (Å²) in [6.07, 6.45) is 1.78. The average Bonchev–Trinajstić information content (AvgIpc) is 2.16. The monoisotopic (exact) mass is 284 g/mol. The van der Waals surface area contributed by atoms with Gasteiger partial charge in [-0.15, -0.1) is 0 Å². The Kier molecular flexibility index (Phi) is 4.29. The molecule has 3 N–H and O–H groups in total. The van der Waals surface area contributed by atoms with Crippen molar-refractivity contribution in [2.45, 2.75) is 13.8 Å². The molecule has 1 aromatic rings. The summed E-state index contributed by atoms with van der Waals surface area (Å²) in [5, 5.41) is 7.37. The molecule has 0 aliphatic heterocycles. The van der Waals surface area contributed by atoms with Gasteiger partial charge in [-0.1, -0.05) is 6.92 Å². The summed E-state index contributed by atoms with van der Waals surface area (Å²) >= 11 is 3.38. The van der Waals surface area contributed by atoms with Gasteiger partial charge in [0.25, 0.3) is 0 Å². The molecule has 1 heterocycles. The maximum atomic E-state index is 7.37. The van der Waals surface area contributed by atoms with Crippen LogP contribution in [0.5, 0.6) is 0 Å². The topological polar surface area (TPSA) is 66.0 Å². The van der Waals surface area contributed by atoms with Crippen LogP contribution in [-0.4, -0.2) is 24.4 Å². The van der Waals surface area contributed by atoms with Gasteiger partial charge in [0.05, 0.1) is 5.84 Å². The molecule has 0 saturated carbocycles. The first-order chi connectivity index (χ1) is 7.41. The van der Waals surface area contributed by atoms with Crippen LogP contribution in [0.15, 0.2) is 16.7 Å². The van der Waals surface area contributed by atoms with Crippen molar-refractivity contribution < 1.29 is 0 Å². The minimum Gasteiger partial charge on any atom is -0.387 e. The molecular formula is C11H17BrN4. The minimum absolute atomic E-state index is 0.0369. The van der Waals surface area contributed by atoms with E-state index in [4.69, 9.17) is 11.1 Å². The number of anilines is 1. The van der Waals surface area contributed by atoms with Gasteiger partial charge in [0.2, 0.25) is 0 Å². The van der Waals surface area contributed by atoms with E-state index >= 15 is 0 Å². The number of rotatable bonds is 4. The molecule has 1 atom stereocenters. The van der Waals surface area contributed by atoms with Crippen LogP contribution in [0.3, 0.4) is 0 Å². The Morgan fingerprint density at radius 1 is 1.69 bits per heavy atom. The van der Waals surface area contributed by atoms with Gasteiger partial charge in [-0.2, -0.15) is 0 Å². The second-order valence-corrected chi connectivity index (χ2v) is 4.95. The number of nitrogens with zero attached hydrogens (tertiary/aromatic N) is 2. The molecule has 88 valence electrons. The molecule has 0 fully saturated rings. The van der Waals surface area contributed by atoms with Crippen molar-refractivity contribution in [3.63, 3.8) is 0 Å². The van der Waals surface area contributed by atoms with E-state index < -0.39 is 0 Å². The quantitative estimate of drug-likeness (QED) is 0.658. The number of amidine groups is 1. The fraction of sp³-hybridized carbons (Fsp3) is 0.455. The van der Waals surface area contributed by atoms with E-state index in [2.05, 4.69) is 20.9 Å². The van der Waals surface area contributed by atoms with Gasteiger partial charge in [-0.05, 0) is 34.5 Å². The van der Waals surface area contributed by atoms with Crippen LogP contribution < -0.4 is 10.6 Å². The van der Waals surface area contributed by atoms with E-state index in [0.717, 1.165) is 15.9 Å². The van der Waals surface area contributed by atoms with Crippen molar-refractivity contribution in [3.8, 4) is 0 Å². The van der Waals surface area contributed by atoms with Crippen LogP contribution in [0, 0.1) is 18.3 Å². The molecule has 0 aromatic carbocycles. The molecule has 4 nitrogen and oxygen atoms in total. The van der Waals surface area contributed by atoms with Crippen molar-refractivity contribution in [2.75, 3.05) is 18.5 Å². The maximum Gasteiger partial charge on any atom is 0.131 e. The van der Waals surface area contributed by atoms with Gasteiger partial charge in [0.15, 0.2) is 0 Å². The van der Waals surface area contributed by atoms with E-state index in [9.17, 15) is 0 Å². The fourth-order valence-electron chi connectivity index (χ4n) is 1.53. The number of nitrogens with two attached hydrogens (primary N) is 1.